The lowest BCUT2D eigenvalue weighted by atomic mass is 10.0. The molecule has 178 valence electrons. The molecule has 0 amide bonds. The molecule has 0 spiro atoms. The minimum absolute atomic E-state index is 0.990. The van der Waals surface area contributed by atoms with E-state index in [-0.39, 0.29) is 0 Å². The van der Waals surface area contributed by atoms with Crippen LogP contribution in [0.1, 0.15) is 11.1 Å². The number of rotatable bonds is 0. The van der Waals surface area contributed by atoms with Gasteiger partial charge < -0.3 is 0 Å². The predicted octanol–water partition coefficient (Wildman–Crippen LogP) is 8.66. The van der Waals surface area contributed by atoms with E-state index in [0.29, 0.717) is 0 Å². The normalized spacial score (nSPS) is 11.6. The highest BCUT2D eigenvalue weighted by atomic mass is 79.9. The van der Waals surface area contributed by atoms with Crippen LogP contribution in [-0.4, -0.2) is 18.8 Å². The highest BCUT2D eigenvalue weighted by molar-refractivity contribution is 9.10. The minimum Gasteiger partial charge on any atom is -0.299 e. The van der Waals surface area contributed by atoms with Gasteiger partial charge in [-0.3, -0.25) is 8.80 Å². The fourth-order valence-electron chi connectivity index (χ4n) is 5.63. The molecule has 0 saturated heterocycles. The molecule has 4 aromatic heterocycles. The maximum absolute atomic E-state index is 4.54. The Morgan fingerprint density at radius 1 is 0.595 bits per heavy atom. The number of aromatic nitrogens is 4. The van der Waals surface area contributed by atoms with E-state index in [0.717, 1.165) is 15.9 Å². The molecule has 4 heterocycles. The summed E-state index contributed by atoms with van der Waals surface area (Å²) in [5.74, 6) is 0. The molecule has 0 aliphatic rings. The van der Waals surface area contributed by atoms with Crippen LogP contribution in [0.4, 0.5) is 0 Å². The van der Waals surface area contributed by atoms with Crippen molar-refractivity contribution in [3.05, 3.63) is 119 Å². The van der Waals surface area contributed by atoms with Gasteiger partial charge in [0, 0.05) is 33.9 Å². The van der Waals surface area contributed by atoms with Gasteiger partial charge in [-0.05, 0) is 63.8 Å². The molecule has 8 aromatic rings. The van der Waals surface area contributed by atoms with Crippen molar-refractivity contribution in [2.24, 2.45) is 0 Å². The molecular formula is C32H23BrN4. The Hall–Kier alpha value is -4.22. The third-order valence-corrected chi connectivity index (χ3v) is 7.80. The first-order valence-corrected chi connectivity index (χ1v) is 13.1. The molecule has 5 heteroatoms. The van der Waals surface area contributed by atoms with Crippen LogP contribution in [0.15, 0.2) is 108 Å². The minimum atomic E-state index is 0.990. The summed E-state index contributed by atoms with van der Waals surface area (Å²) in [7, 11) is 0. The zero-order valence-corrected chi connectivity index (χ0v) is 22.1. The number of benzene rings is 4. The maximum atomic E-state index is 4.54. The fourth-order valence-corrected chi connectivity index (χ4v) is 6.09. The monoisotopic (exact) mass is 542 g/mol. The first-order chi connectivity index (χ1) is 18.1. The summed E-state index contributed by atoms with van der Waals surface area (Å²) in [5.41, 5.74) is 7.04. The van der Waals surface area contributed by atoms with Crippen LogP contribution in [0.3, 0.4) is 0 Å². The second-order valence-corrected chi connectivity index (χ2v) is 10.2. The van der Waals surface area contributed by atoms with Gasteiger partial charge in [0.15, 0.2) is 0 Å². The standard InChI is InChI=1S/C16H11BrN2.C16H12N2/c1-10-5-4-8-13-15(10)11-6-2-3-7-12(11)16-18-9-14(17)19(13)16;1-11-5-4-8-14-15(11)12-6-2-3-7-13(12)16-17-9-10-18(14)16/h2-9H,1H3;2-10H,1H3. The van der Waals surface area contributed by atoms with Crippen molar-refractivity contribution in [2.45, 2.75) is 13.8 Å². The SMILES string of the molecule is Cc1cccc2c1c1ccccc1c1ncc(Br)n21.Cc1cccc2c1c1ccccc1c1nccn21. The van der Waals surface area contributed by atoms with Crippen molar-refractivity contribution in [2.75, 3.05) is 0 Å². The Labute approximate surface area is 221 Å². The zero-order chi connectivity index (χ0) is 25.1. The summed E-state index contributed by atoms with van der Waals surface area (Å²) >= 11 is 3.60. The van der Waals surface area contributed by atoms with Gasteiger partial charge in [-0.2, -0.15) is 0 Å². The number of fused-ring (bicyclic) bond motifs is 12. The van der Waals surface area contributed by atoms with E-state index < -0.39 is 0 Å². The van der Waals surface area contributed by atoms with E-state index in [9.17, 15) is 0 Å². The van der Waals surface area contributed by atoms with Crippen LogP contribution >= 0.6 is 15.9 Å². The van der Waals surface area contributed by atoms with Crippen LogP contribution in [0.2, 0.25) is 0 Å². The van der Waals surface area contributed by atoms with E-state index in [1.807, 2.05) is 18.6 Å². The molecule has 0 aliphatic heterocycles. The van der Waals surface area contributed by atoms with E-state index in [4.69, 9.17) is 0 Å². The molecule has 4 nitrogen and oxygen atoms in total. The molecule has 0 unspecified atom stereocenters. The Morgan fingerprint density at radius 3 is 1.84 bits per heavy atom. The smallest absolute Gasteiger partial charge is 0.146 e. The van der Waals surface area contributed by atoms with Crippen molar-refractivity contribution < 1.29 is 0 Å². The highest BCUT2D eigenvalue weighted by Gasteiger charge is 2.13. The van der Waals surface area contributed by atoms with E-state index in [2.05, 4.69) is 133 Å². The second-order valence-electron chi connectivity index (χ2n) is 9.39. The van der Waals surface area contributed by atoms with Gasteiger partial charge in [-0.15, -0.1) is 0 Å². The zero-order valence-electron chi connectivity index (χ0n) is 20.5. The molecule has 0 aliphatic carbocycles. The molecule has 0 N–H and O–H groups in total. The Bertz CT molecular complexity index is 2130. The molecule has 0 saturated carbocycles. The van der Waals surface area contributed by atoms with E-state index in [1.54, 1.807) is 0 Å². The molecule has 37 heavy (non-hydrogen) atoms. The highest BCUT2D eigenvalue weighted by Crippen LogP contribution is 2.33. The lowest BCUT2D eigenvalue weighted by molar-refractivity contribution is 1.23. The first-order valence-electron chi connectivity index (χ1n) is 12.3. The Kier molecular flexibility index (Phi) is 5.01. The average Bonchev–Trinajstić information content (AvgIpc) is 3.57. The number of imidazole rings is 2. The lowest BCUT2D eigenvalue weighted by Gasteiger charge is -2.10. The predicted molar refractivity (Wildman–Crippen MR) is 158 cm³/mol. The lowest BCUT2D eigenvalue weighted by Crippen LogP contribution is -1.93. The van der Waals surface area contributed by atoms with E-state index >= 15 is 0 Å². The fraction of sp³-hybridized carbons (Fsp3) is 0.0625. The van der Waals surface area contributed by atoms with Crippen molar-refractivity contribution in [1.29, 1.82) is 0 Å². The Balaban J connectivity index is 0.000000125. The van der Waals surface area contributed by atoms with Crippen molar-refractivity contribution in [3.8, 4) is 0 Å². The van der Waals surface area contributed by atoms with Gasteiger partial charge in [0.05, 0.1) is 17.2 Å². The summed E-state index contributed by atoms with van der Waals surface area (Å²) in [4.78, 5) is 9.03. The van der Waals surface area contributed by atoms with Crippen LogP contribution in [0.25, 0.3) is 54.6 Å². The second kappa shape index (κ2) is 8.43. The van der Waals surface area contributed by atoms with E-state index in [1.165, 1.54) is 54.5 Å². The molecule has 8 rings (SSSR count). The molecule has 0 fully saturated rings. The molecule has 0 radical (unpaired) electrons. The summed E-state index contributed by atoms with van der Waals surface area (Å²) in [5, 5.41) is 7.56. The van der Waals surface area contributed by atoms with Gasteiger partial charge >= 0.3 is 0 Å². The number of aryl methyl sites for hydroxylation is 2. The van der Waals surface area contributed by atoms with Crippen LogP contribution in [-0.2, 0) is 0 Å². The number of pyridine rings is 2. The van der Waals surface area contributed by atoms with Crippen molar-refractivity contribution in [3.63, 3.8) is 0 Å². The summed E-state index contributed by atoms with van der Waals surface area (Å²) in [6.45, 7) is 4.32. The van der Waals surface area contributed by atoms with Gasteiger partial charge in [0.2, 0.25) is 0 Å². The third kappa shape index (κ3) is 3.27. The summed E-state index contributed by atoms with van der Waals surface area (Å²) in [6, 6.07) is 29.8. The van der Waals surface area contributed by atoms with Crippen LogP contribution < -0.4 is 0 Å². The average molecular weight is 543 g/mol. The molecular weight excluding hydrogens is 520 g/mol. The van der Waals surface area contributed by atoms with Gasteiger partial charge in [0.25, 0.3) is 0 Å². The van der Waals surface area contributed by atoms with Crippen molar-refractivity contribution >= 4 is 70.6 Å². The number of hydrogen-bond acceptors (Lipinski definition) is 2. The maximum Gasteiger partial charge on any atom is 0.146 e. The van der Waals surface area contributed by atoms with Crippen molar-refractivity contribution in [1.82, 2.24) is 18.8 Å². The number of hydrogen-bond donors (Lipinski definition) is 0. The van der Waals surface area contributed by atoms with Gasteiger partial charge in [0.1, 0.15) is 15.9 Å². The summed E-state index contributed by atoms with van der Waals surface area (Å²) in [6.07, 6.45) is 5.76. The summed E-state index contributed by atoms with van der Waals surface area (Å²) < 4.78 is 5.33. The molecule has 0 atom stereocenters. The van der Waals surface area contributed by atoms with Crippen LogP contribution in [0, 0.1) is 13.8 Å². The quantitative estimate of drug-likeness (QED) is 0.179. The number of halogens is 1. The first kappa shape index (κ1) is 22.0. The molecule has 0 bridgehead atoms. The molecule has 4 aromatic carbocycles. The van der Waals surface area contributed by atoms with Crippen LogP contribution in [0.5, 0.6) is 0 Å². The number of nitrogens with zero attached hydrogens (tertiary/aromatic N) is 4. The topological polar surface area (TPSA) is 34.6 Å². The Morgan fingerprint density at radius 2 is 1.16 bits per heavy atom. The van der Waals surface area contributed by atoms with Gasteiger partial charge in [-0.25, -0.2) is 9.97 Å². The largest absolute Gasteiger partial charge is 0.299 e. The third-order valence-electron chi connectivity index (χ3n) is 7.24. The van der Waals surface area contributed by atoms with Gasteiger partial charge in [-0.1, -0.05) is 72.8 Å².